The van der Waals surface area contributed by atoms with E-state index in [9.17, 15) is 0 Å². The molecule has 2 aliphatic carbocycles. The lowest BCUT2D eigenvalue weighted by molar-refractivity contribution is 0.0623. The van der Waals surface area contributed by atoms with Gasteiger partial charge in [-0.05, 0) is 51.1 Å². The average molecular weight is 266 g/mol. The zero-order chi connectivity index (χ0) is 13.7. The molecule has 0 aromatic rings. The first kappa shape index (κ1) is 15.3. The summed E-state index contributed by atoms with van der Waals surface area (Å²) >= 11 is 0. The van der Waals surface area contributed by atoms with Gasteiger partial charge >= 0.3 is 0 Å². The van der Waals surface area contributed by atoms with Crippen molar-refractivity contribution in [2.45, 2.75) is 83.2 Å². The Balaban J connectivity index is 1.98. The van der Waals surface area contributed by atoms with E-state index in [2.05, 4.69) is 18.9 Å². The molecule has 2 nitrogen and oxygen atoms in total. The molecular formula is C17H34N2. The molecule has 0 saturated heterocycles. The Hall–Kier alpha value is -0.0800. The van der Waals surface area contributed by atoms with Crippen LogP contribution in [-0.2, 0) is 0 Å². The second kappa shape index (κ2) is 7.64. The van der Waals surface area contributed by atoms with E-state index in [-0.39, 0.29) is 0 Å². The molecular weight excluding hydrogens is 232 g/mol. The largest absolute Gasteiger partial charge is 0.330 e. The lowest BCUT2D eigenvalue weighted by Crippen LogP contribution is -2.49. The van der Waals surface area contributed by atoms with Gasteiger partial charge in [0.05, 0.1) is 0 Å². The summed E-state index contributed by atoms with van der Waals surface area (Å²) in [6.45, 7) is 3.24. The van der Waals surface area contributed by atoms with E-state index in [0.29, 0.717) is 0 Å². The van der Waals surface area contributed by atoms with Gasteiger partial charge in [0.2, 0.25) is 0 Å². The summed E-state index contributed by atoms with van der Waals surface area (Å²) in [5.41, 5.74) is 6.05. The van der Waals surface area contributed by atoms with Crippen LogP contribution in [0.25, 0.3) is 0 Å². The third kappa shape index (κ3) is 3.95. The van der Waals surface area contributed by atoms with Crippen molar-refractivity contribution in [1.29, 1.82) is 0 Å². The molecule has 0 aromatic carbocycles. The predicted molar refractivity (Wildman–Crippen MR) is 83.2 cm³/mol. The first-order valence-electron chi connectivity index (χ1n) is 8.68. The second-order valence-corrected chi connectivity index (χ2v) is 6.96. The van der Waals surface area contributed by atoms with E-state index in [4.69, 9.17) is 5.73 Å². The molecule has 19 heavy (non-hydrogen) atoms. The zero-order valence-electron chi connectivity index (χ0n) is 13.1. The fourth-order valence-corrected chi connectivity index (χ4v) is 4.37. The van der Waals surface area contributed by atoms with Crippen molar-refractivity contribution in [3.8, 4) is 0 Å². The number of hydrogen-bond acceptors (Lipinski definition) is 2. The molecule has 0 aliphatic heterocycles. The SMILES string of the molecule is CCC1CCC(CN)C(N(C)C2CCCCCC2)C1. The summed E-state index contributed by atoms with van der Waals surface area (Å²) in [5, 5.41) is 0. The molecule has 3 unspecified atom stereocenters. The molecule has 2 rings (SSSR count). The minimum absolute atomic E-state index is 0.746. The van der Waals surface area contributed by atoms with Gasteiger partial charge in [0.15, 0.2) is 0 Å². The summed E-state index contributed by atoms with van der Waals surface area (Å²) < 4.78 is 0. The first-order valence-corrected chi connectivity index (χ1v) is 8.68. The van der Waals surface area contributed by atoms with Crippen LogP contribution in [0.5, 0.6) is 0 Å². The average Bonchev–Trinajstić information content (AvgIpc) is 2.74. The summed E-state index contributed by atoms with van der Waals surface area (Å²) in [5.74, 6) is 1.69. The first-order chi connectivity index (χ1) is 9.26. The van der Waals surface area contributed by atoms with Crippen molar-refractivity contribution in [2.24, 2.45) is 17.6 Å². The molecule has 0 heterocycles. The van der Waals surface area contributed by atoms with Crippen LogP contribution in [0, 0.1) is 11.8 Å². The second-order valence-electron chi connectivity index (χ2n) is 6.96. The standard InChI is InChI=1S/C17H34N2/c1-3-14-10-11-15(13-18)17(12-14)19(2)16-8-6-4-5-7-9-16/h14-17H,3-13,18H2,1-2H3. The highest BCUT2D eigenvalue weighted by molar-refractivity contribution is 4.89. The van der Waals surface area contributed by atoms with Crippen molar-refractivity contribution in [3.05, 3.63) is 0 Å². The molecule has 0 radical (unpaired) electrons. The van der Waals surface area contributed by atoms with Crippen LogP contribution < -0.4 is 5.73 Å². The van der Waals surface area contributed by atoms with E-state index >= 15 is 0 Å². The fraction of sp³-hybridized carbons (Fsp3) is 1.00. The fourth-order valence-electron chi connectivity index (χ4n) is 4.37. The van der Waals surface area contributed by atoms with Gasteiger partial charge in [-0.3, -0.25) is 0 Å². The smallest absolute Gasteiger partial charge is 0.0138 e. The molecule has 112 valence electrons. The Bertz CT molecular complexity index is 246. The van der Waals surface area contributed by atoms with Crippen LogP contribution in [-0.4, -0.2) is 30.6 Å². The number of nitrogens with zero attached hydrogens (tertiary/aromatic N) is 1. The Kier molecular flexibility index (Phi) is 6.15. The number of rotatable bonds is 4. The van der Waals surface area contributed by atoms with E-state index in [1.807, 2.05) is 0 Å². The molecule has 0 spiro atoms. The topological polar surface area (TPSA) is 29.3 Å². The molecule has 2 fully saturated rings. The summed E-state index contributed by atoms with van der Waals surface area (Å²) in [7, 11) is 2.39. The lowest BCUT2D eigenvalue weighted by Gasteiger charge is -2.44. The minimum atomic E-state index is 0.746. The minimum Gasteiger partial charge on any atom is -0.330 e. The van der Waals surface area contributed by atoms with Crippen LogP contribution in [0.1, 0.15) is 71.1 Å². The van der Waals surface area contributed by atoms with Crippen LogP contribution in [0.3, 0.4) is 0 Å². The van der Waals surface area contributed by atoms with Gasteiger partial charge in [0.25, 0.3) is 0 Å². The van der Waals surface area contributed by atoms with Gasteiger partial charge in [-0.2, -0.15) is 0 Å². The van der Waals surface area contributed by atoms with Gasteiger partial charge in [-0.1, -0.05) is 45.4 Å². The maximum Gasteiger partial charge on any atom is 0.0138 e. The van der Waals surface area contributed by atoms with E-state index in [1.54, 1.807) is 0 Å². The van der Waals surface area contributed by atoms with Crippen LogP contribution in [0.2, 0.25) is 0 Å². The zero-order valence-corrected chi connectivity index (χ0v) is 13.1. The Morgan fingerprint density at radius 2 is 1.68 bits per heavy atom. The van der Waals surface area contributed by atoms with Gasteiger partial charge in [0, 0.05) is 12.1 Å². The maximum absolute atomic E-state index is 6.05. The molecule has 3 atom stereocenters. The Morgan fingerprint density at radius 1 is 1.00 bits per heavy atom. The van der Waals surface area contributed by atoms with Crippen LogP contribution in [0.15, 0.2) is 0 Å². The molecule has 2 aliphatic rings. The van der Waals surface area contributed by atoms with Crippen LogP contribution >= 0.6 is 0 Å². The molecule has 0 aromatic heterocycles. The highest BCUT2D eigenvalue weighted by Gasteiger charge is 2.34. The Labute approximate surface area is 120 Å². The monoisotopic (exact) mass is 266 g/mol. The van der Waals surface area contributed by atoms with Gasteiger partial charge in [-0.25, -0.2) is 0 Å². The van der Waals surface area contributed by atoms with E-state index in [1.165, 1.54) is 64.2 Å². The molecule has 2 saturated carbocycles. The molecule has 0 bridgehead atoms. The Morgan fingerprint density at radius 3 is 2.26 bits per heavy atom. The normalized spacial score (nSPS) is 34.4. The third-order valence-corrected chi connectivity index (χ3v) is 5.87. The van der Waals surface area contributed by atoms with Gasteiger partial charge in [0.1, 0.15) is 0 Å². The van der Waals surface area contributed by atoms with E-state index < -0.39 is 0 Å². The van der Waals surface area contributed by atoms with Crippen molar-refractivity contribution < 1.29 is 0 Å². The van der Waals surface area contributed by atoms with Gasteiger partial charge < -0.3 is 10.6 Å². The molecule has 0 amide bonds. The predicted octanol–water partition coefficient (Wildman–Crippen LogP) is 3.79. The summed E-state index contributed by atoms with van der Waals surface area (Å²) in [6, 6.07) is 1.59. The van der Waals surface area contributed by atoms with Crippen molar-refractivity contribution in [3.63, 3.8) is 0 Å². The molecule has 2 N–H and O–H groups in total. The summed E-state index contributed by atoms with van der Waals surface area (Å²) in [4.78, 5) is 2.74. The lowest BCUT2D eigenvalue weighted by atomic mass is 9.76. The van der Waals surface area contributed by atoms with Crippen LogP contribution in [0.4, 0.5) is 0 Å². The van der Waals surface area contributed by atoms with Crippen molar-refractivity contribution >= 4 is 0 Å². The van der Waals surface area contributed by atoms with Gasteiger partial charge in [-0.15, -0.1) is 0 Å². The molecule has 2 heteroatoms. The highest BCUT2D eigenvalue weighted by atomic mass is 15.2. The number of nitrogens with two attached hydrogens (primary N) is 1. The maximum atomic E-state index is 6.05. The quantitative estimate of drug-likeness (QED) is 0.784. The van der Waals surface area contributed by atoms with Crippen molar-refractivity contribution in [1.82, 2.24) is 4.90 Å². The third-order valence-electron chi connectivity index (χ3n) is 5.87. The number of hydrogen-bond donors (Lipinski definition) is 1. The van der Waals surface area contributed by atoms with E-state index in [0.717, 1.165) is 30.5 Å². The van der Waals surface area contributed by atoms with Crippen molar-refractivity contribution in [2.75, 3.05) is 13.6 Å². The highest BCUT2D eigenvalue weighted by Crippen LogP contribution is 2.35. The summed E-state index contributed by atoms with van der Waals surface area (Å²) in [6.07, 6.45) is 14.1.